The predicted octanol–water partition coefficient (Wildman–Crippen LogP) is 7.83. The van der Waals surface area contributed by atoms with Gasteiger partial charge in [-0.25, -0.2) is 0 Å². The van der Waals surface area contributed by atoms with Gasteiger partial charge >= 0.3 is 11.9 Å². The molecule has 0 aromatic heterocycles. The maximum atomic E-state index is 12.7. The lowest BCUT2D eigenvalue weighted by atomic mass is 9.87. The maximum absolute atomic E-state index is 12.7. The lowest BCUT2D eigenvalue weighted by Crippen LogP contribution is -2.43. The predicted molar refractivity (Wildman–Crippen MR) is 225 cm³/mol. The Morgan fingerprint density at radius 2 is 1.40 bits per heavy atom. The molecule has 0 spiro atoms. The number of hydrogen-bond acceptors (Lipinski definition) is 12. The van der Waals surface area contributed by atoms with Crippen LogP contribution in [0.25, 0.3) is 0 Å². The second-order valence-electron chi connectivity index (χ2n) is 16.9. The van der Waals surface area contributed by atoms with Crippen LogP contribution in [0.5, 0.6) is 0 Å². The van der Waals surface area contributed by atoms with E-state index in [1.54, 1.807) is 12.2 Å². The Hall–Kier alpha value is -1.67. The maximum Gasteiger partial charge on any atom is 0.306 e. The summed E-state index contributed by atoms with van der Waals surface area (Å²) in [6, 6.07) is 0. The SMILES string of the molecule is CCCCCCCCCCCCCCCC(=O)O[C@H](COC(=O)CCC/C=C\C[C@H]1[C@@H](O)CC(O)O[C@@H]1/C=C/[C@@H](O)CCCCC)COP(=O)([O-])OCC[N+](C)(C)C. The van der Waals surface area contributed by atoms with E-state index in [0.717, 1.165) is 38.5 Å². The number of esters is 2. The first-order valence-corrected chi connectivity index (χ1v) is 23.9. The van der Waals surface area contributed by atoms with Crippen molar-refractivity contribution in [1.82, 2.24) is 0 Å². The minimum absolute atomic E-state index is 0.0731. The van der Waals surface area contributed by atoms with Crippen LogP contribution in [-0.4, -0.2) is 110 Å². The summed E-state index contributed by atoms with van der Waals surface area (Å²) in [5, 5.41) is 31.0. The van der Waals surface area contributed by atoms with Crippen LogP contribution in [0, 0.1) is 5.92 Å². The second-order valence-corrected chi connectivity index (χ2v) is 18.4. The fraction of sp³-hybridized carbons (Fsp3) is 0.864. The molecule has 1 saturated heterocycles. The summed E-state index contributed by atoms with van der Waals surface area (Å²) in [6.07, 6.45) is 23.9. The van der Waals surface area contributed by atoms with E-state index in [1.807, 2.05) is 33.3 Å². The van der Waals surface area contributed by atoms with E-state index in [-0.39, 0.29) is 38.4 Å². The average Bonchev–Trinajstić information content (AvgIpc) is 3.15. The average molecular weight is 848 g/mol. The summed E-state index contributed by atoms with van der Waals surface area (Å²) in [5.74, 6) is -1.33. The number of aliphatic hydroxyl groups is 3. The third-order valence-electron chi connectivity index (χ3n) is 10.3. The zero-order chi connectivity index (χ0) is 43.1. The number of hydrogen-bond donors (Lipinski definition) is 3. The number of quaternary nitrogens is 1. The number of ether oxygens (including phenoxy) is 3. The molecule has 1 heterocycles. The Morgan fingerprint density at radius 1 is 0.810 bits per heavy atom. The topological polar surface area (TPSA) is 181 Å². The molecule has 14 heteroatoms. The van der Waals surface area contributed by atoms with Crippen LogP contribution in [0.2, 0.25) is 0 Å². The van der Waals surface area contributed by atoms with Gasteiger partial charge in [0.05, 0.1) is 46.1 Å². The molecule has 1 rings (SSSR count). The first-order chi connectivity index (χ1) is 27.7. The summed E-state index contributed by atoms with van der Waals surface area (Å²) in [5.41, 5.74) is 0. The van der Waals surface area contributed by atoms with Crippen molar-refractivity contribution in [2.75, 3.05) is 47.5 Å². The molecule has 7 atom stereocenters. The molecule has 3 N–H and O–H groups in total. The van der Waals surface area contributed by atoms with Crippen molar-refractivity contribution in [2.45, 2.75) is 192 Å². The summed E-state index contributed by atoms with van der Waals surface area (Å²) in [4.78, 5) is 37.7. The number of unbranched alkanes of at least 4 members (excludes halogenated alkanes) is 15. The lowest BCUT2D eigenvalue weighted by Gasteiger charge is -2.36. The van der Waals surface area contributed by atoms with Gasteiger partial charge in [-0.15, -0.1) is 0 Å². The zero-order valence-electron chi connectivity index (χ0n) is 36.8. The number of phosphoric ester groups is 1. The molecule has 13 nitrogen and oxygen atoms in total. The number of aliphatic hydroxyl groups excluding tert-OH is 3. The van der Waals surface area contributed by atoms with Gasteiger partial charge in [-0.3, -0.25) is 14.2 Å². The van der Waals surface area contributed by atoms with Gasteiger partial charge in [0.2, 0.25) is 0 Å². The largest absolute Gasteiger partial charge is 0.756 e. The number of nitrogens with zero attached hydrogens (tertiary/aromatic N) is 1. The first-order valence-electron chi connectivity index (χ1n) is 22.4. The zero-order valence-corrected chi connectivity index (χ0v) is 37.7. The molecule has 0 saturated carbocycles. The van der Waals surface area contributed by atoms with Gasteiger partial charge in [0, 0.05) is 25.2 Å². The van der Waals surface area contributed by atoms with Crippen LogP contribution < -0.4 is 4.89 Å². The van der Waals surface area contributed by atoms with Gasteiger partial charge in [-0.1, -0.05) is 134 Å². The van der Waals surface area contributed by atoms with Crippen LogP contribution in [0.3, 0.4) is 0 Å². The number of allylic oxidation sites excluding steroid dienone is 2. The molecule has 0 aliphatic carbocycles. The summed E-state index contributed by atoms with van der Waals surface area (Å²) >= 11 is 0. The van der Waals surface area contributed by atoms with Gasteiger partial charge in [-0.2, -0.15) is 0 Å². The Morgan fingerprint density at radius 3 is 2.02 bits per heavy atom. The van der Waals surface area contributed by atoms with Gasteiger partial charge in [0.25, 0.3) is 7.82 Å². The molecule has 0 bridgehead atoms. The molecule has 0 aromatic carbocycles. The molecule has 0 radical (unpaired) electrons. The van der Waals surface area contributed by atoms with Crippen molar-refractivity contribution in [3.05, 3.63) is 24.3 Å². The van der Waals surface area contributed by atoms with Gasteiger partial charge in [0.1, 0.15) is 19.8 Å². The molecular formula is C44H82NO12P. The van der Waals surface area contributed by atoms with Crippen LogP contribution in [0.1, 0.15) is 162 Å². The van der Waals surface area contributed by atoms with E-state index in [2.05, 4.69) is 13.8 Å². The molecule has 2 unspecified atom stereocenters. The monoisotopic (exact) mass is 848 g/mol. The third-order valence-corrected chi connectivity index (χ3v) is 11.2. The smallest absolute Gasteiger partial charge is 0.306 e. The van der Waals surface area contributed by atoms with Gasteiger partial charge in [-0.05, 0) is 32.1 Å². The highest BCUT2D eigenvalue weighted by molar-refractivity contribution is 7.45. The van der Waals surface area contributed by atoms with Gasteiger partial charge in [0.15, 0.2) is 12.4 Å². The van der Waals surface area contributed by atoms with E-state index >= 15 is 0 Å². The number of phosphoric acid groups is 1. The number of likely N-dealkylation sites (N-methyl/N-ethyl adjacent to an activating group) is 1. The molecular weight excluding hydrogens is 765 g/mol. The van der Waals surface area contributed by atoms with Crippen molar-refractivity contribution in [2.24, 2.45) is 5.92 Å². The number of carbonyl (C=O) groups excluding carboxylic acids is 2. The molecule has 58 heavy (non-hydrogen) atoms. The van der Waals surface area contributed by atoms with E-state index < -0.39 is 57.1 Å². The normalized spacial score (nSPS) is 21.0. The summed E-state index contributed by atoms with van der Waals surface area (Å²) < 4.78 is 39.5. The highest BCUT2D eigenvalue weighted by atomic mass is 31.2. The highest BCUT2D eigenvalue weighted by Crippen LogP contribution is 2.38. The molecule has 1 aliphatic rings. The summed E-state index contributed by atoms with van der Waals surface area (Å²) in [7, 11) is 1.02. The van der Waals surface area contributed by atoms with E-state index in [1.165, 1.54) is 57.8 Å². The lowest BCUT2D eigenvalue weighted by molar-refractivity contribution is -0.870. The molecule has 1 fully saturated rings. The van der Waals surface area contributed by atoms with Crippen LogP contribution in [0.15, 0.2) is 24.3 Å². The van der Waals surface area contributed by atoms with E-state index in [9.17, 15) is 34.4 Å². The Bertz CT molecular complexity index is 1160. The van der Waals surface area contributed by atoms with Crippen molar-refractivity contribution in [3.63, 3.8) is 0 Å². The Labute approximate surface area is 351 Å². The van der Waals surface area contributed by atoms with Crippen molar-refractivity contribution < 1.29 is 62.1 Å². The number of rotatable bonds is 36. The number of carbonyl (C=O) groups is 2. The van der Waals surface area contributed by atoms with Crippen molar-refractivity contribution in [3.8, 4) is 0 Å². The summed E-state index contributed by atoms with van der Waals surface area (Å²) in [6.45, 7) is 3.81. The van der Waals surface area contributed by atoms with Crippen LogP contribution >= 0.6 is 7.82 Å². The van der Waals surface area contributed by atoms with E-state index in [4.69, 9.17) is 23.3 Å². The minimum Gasteiger partial charge on any atom is -0.756 e. The molecule has 0 aromatic rings. The standard InChI is InChI=1S/C44H82NO12P/c1-6-8-10-11-12-13-14-15-16-17-18-19-25-29-43(49)56-38(36-55-58(51,52)54-33-32-45(3,4)5)35-53-42(48)28-24-21-20-23-27-39-40(47)34-44(50)57-41(39)31-30-37(46)26-22-9-7-2/h20,23,30-31,37-41,44,46-47,50H,6-19,21-22,24-29,32-36H2,1-5H3/b23-20-,31-30+/t37-,38+,39-,40-,41+,44?/m0/s1. The Kier molecular flexibility index (Phi) is 30.9. The minimum atomic E-state index is -4.69. The molecule has 1 aliphatic heterocycles. The fourth-order valence-electron chi connectivity index (χ4n) is 6.63. The fourth-order valence-corrected chi connectivity index (χ4v) is 7.36. The highest BCUT2D eigenvalue weighted by Gasteiger charge is 2.35. The van der Waals surface area contributed by atoms with Crippen LogP contribution in [0.4, 0.5) is 0 Å². The van der Waals surface area contributed by atoms with E-state index in [0.29, 0.717) is 43.1 Å². The van der Waals surface area contributed by atoms with Crippen molar-refractivity contribution in [1.29, 1.82) is 0 Å². The second kappa shape index (κ2) is 33.0. The third kappa shape index (κ3) is 30.4. The quantitative estimate of drug-likeness (QED) is 0.0183. The Balaban J connectivity index is 2.53. The first kappa shape index (κ1) is 54.3. The van der Waals surface area contributed by atoms with Crippen molar-refractivity contribution >= 4 is 19.8 Å². The van der Waals surface area contributed by atoms with Crippen LogP contribution in [-0.2, 0) is 37.4 Å². The molecule has 0 amide bonds. The molecule has 340 valence electrons. The van der Waals surface area contributed by atoms with Gasteiger partial charge < -0.3 is 48.0 Å².